The molecule has 0 amide bonds. The molecule has 0 aromatic carbocycles. The monoisotopic (exact) mass is 507 g/mol. The van der Waals surface area contributed by atoms with Crippen molar-refractivity contribution in [3.63, 3.8) is 0 Å². The summed E-state index contributed by atoms with van der Waals surface area (Å²) in [6.45, 7) is 16.3. The Labute approximate surface area is 221 Å². The van der Waals surface area contributed by atoms with E-state index in [1.165, 1.54) is 11.1 Å². The molecule has 1 heterocycles. The van der Waals surface area contributed by atoms with E-state index in [2.05, 4.69) is 59.7 Å². The summed E-state index contributed by atoms with van der Waals surface area (Å²) in [6, 6.07) is 0. The van der Waals surface area contributed by atoms with Crippen molar-refractivity contribution < 1.29 is 19.2 Å². The van der Waals surface area contributed by atoms with Crippen molar-refractivity contribution in [2.24, 2.45) is 51.2 Å². The molecule has 6 rings (SSSR count). The maximum absolute atomic E-state index is 14.4. The van der Waals surface area contributed by atoms with E-state index in [4.69, 9.17) is 4.52 Å². The third-order valence-electron chi connectivity index (χ3n) is 13.0. The van der Waals surface area contributed by atoms with Crippen LogP contribution in [-0.2, 0) is 21.4 Å². The molecule has 1 aromatic rings. The van der Waals surface area contributed by atoms with Gasteiger partial charge in [-0.2, -0.15) is 0 Å². The van der Waals surface area contributed by atoms with E-state index in [1.54, 1.807) is 0 Å². The zero-order valence-corrected chi connectivity index (χ0v) is 23.8. The lowest BCUT2D eigenvalue weighted by Crippen LogP contribution is -2.64. The molecule has 3 fully saturated rings. The molecule has 1 unspecified atom stereocenters. The lowest BCUT2D eigenvalue weighted by atomic mass is 9.35. The number of aliphatic carboxylic acids is 1. The highest BCUT2D eigenvalue weighted by Gasteiger charge is 2.69. The van der Waals surface area contributed by atoms with E-state index in [9.17, 15) is 14.7 Å². The summed E-state index contributed by atoms with van der Waals surface area (Å²) in [6.07, 6.45) is 11.6. The van der Waals surface area contributed by atoms with Gasteiger partial charge in [-0.25, -0.2) is 0 Å². The number of allylic oxidation sites excluding steroid dienone is 2. The molecule has 5 nitrogen and oxygen atoms in total. The van der Waals surface area contributed by atoms with Crippen LogP contribution in [-0.4, -0.2) is 22.0 Å². The number of fused-ring (bicyclic) bond motifs is 8. The van der Waals surface area contributed by atoms with Crippen LogP contribution < -0.4 is 0 Å². The average molecular weight is 508 g/mol. The van der Waals surface area contributed by atoms with Crippen molar-refractivity contribution in [1.82, 2.24) is 5.16 Å². The second kappa shape index (κ2) is 7.60. The van der Waals surface area contributed by atoms with Gasteiger partial charge in [-0.3, -0.25) is 9.59 Å². The molecule has 5 aliphatic rings. The standard InChI is InChI=1S/C32H45NO4/c1-8-29(4)23-10-12-31(6)24(30(23,5)14-18-17-33-37-26(18)29)13-22(34)25-20-15-28(2,3)16-21(27(35)36)19(20)9-11-32(25,31)7/h13,17,19-21,23,25H,8-12,14-16H2,1-7H3,(H,35,36)/t19?,20-,21-,23+,25+,29+,30+,31-,32-/m1/s1. The first kappa shape index (κ1) is 25.4. The topological polar surface area (TPSA) is 80.4 Å². The number of carboxylic acids is 1. The second-order valence-corrected chi connectivity index (χ2v) is 15.2. The maximum Gasteiger partial charge on any atom is 0.306 e. The number of rotatable bonds is 2. The largest absolute Gasteiger partial charge is 0.481 e. The molecule has 0 aliphatic heterocycles. The number of carbonyl (C=O) groups is 2. The smallest absolute Gasteiger partial charge is 0.306 e. The minimum Gasteiger partial charge on any atom is -0.481 e. The first-order valence-corrected chi connectivity index (χ1v) is 14.7. The Hall–Kier alpha value is -1.91. The predicted molar refractivity (Wildman–Crippen MR) is 142 cm³/mol. The minimum atomic E-state index is -0.671. The summed E-state index contributed by atoms with van der Waals surface area (Å²) in [5, 5.41) is 14.4. The van der Waals surface area contributed by atoms with Crippen LogP contribution >= 0.6 is 0 Å². The first-order chi connectivity index (χ1) is 17.2. The lowest BCUT2D eigenvalue weighted by molar-refractivity contribution is -0.171. The van der Waals surface area contributed by atoms with Crippen molar-refractivity contribution in [2.75, 3.05) is 0 Å². The second-order valence-electron chi connectivity index (χ2n) is 15.2. The van der Waals surface area contributed by atoms with Crippen LogP contribution in [0, 0.1) is 51.2 Å². The van der Waals surface area contributed by atoms with E-state index >= 15 is 0 Å². The van der Waals surface area contributed by atoms with Crippen molar-refractivity contribution in [2.45, 2.75) is 105 Å². The van der Waals surface area contributed by atoms with Crippen LogP contribution in [0.25, 0.3) is 0 Å². The number of carbonyl (C=O) groups excluding carboxylic acids is 1. The van der Waals surface area contributed by atoms with E-state index in [-0.39, 0.29) is 56.5 Å². The van der Waals surface area contributed by atoms with Crippen molar-refractivity contribution >= 4 is 11.8 Å². The fourth-order valence-corrected chi connectivity index (χ4v) is 11.1. The van der Waals surface area contributed by atoms with Gasteiger partial charge >= 0.3 is 5.97 Å². The molecule has 0 spiro atoms. The third kappa shape index (κ3) is 3.06. The third-order valence-corrected chi connectivity index (χ3v) is 13.0. The lowest BCUT2D eigenvalue weighted by Gasteiger charge is -2.68. The Bertz CT molecular complexity index is 1200. The van der Waals surface area contributed by atoms with Gasteiger partial charge in [-0.1, -0.05) is 59.2 Å². The molecule has 202 valence electrons. The van der Waals surface area contributed by atoms with Gasteiger partial charge in [0.05, 0.1) is 12.1 Å². The summed E-state index contributed by atoms with van der Waals surface area (Å²) >= 11 is 0. The maximum atomic E-state index is 14.4. The fraction of sp³-hybridized carbons (Fsp3) is 0.781. The van der Waals surface area contributed by atoms with Crippen LogP contribution in [0.2, 0.25) is 0 Å². The number of ketones is 1. The summed E-state index contributed by atoms with van der Waals surface area (Å²) in [5.74, 6) is 0.876. The number of hydrogen-bond acceptors (Lipinski definition) is 4. The Morgan fingerprint density at radius 2 is 1.81 bits per heavy atom. The van der Waals surface area contributed by atoms with E-state index in [0.29, 0.717) is 5.92 Å². The van der Waals surface area contributed by atoms with Crippen LogP contribution in [0.1, 0.15) is 105 Å². The van der Waals surface area contributed by atoms with Crippen LogP contribution in [0.4, 0.5) is 0 Å². The molecular weight excluding hydrogens is 462 g/mol. The van der Waals surface area contributed by atoms with Crippen molar-refractivity contribution in [3.05, 3.63) is 29.2 Å². The summed E-state index contributed by atoms with van der Waals surface area (Å²) in [7, 11) is 0. The first-order valence-electron chi connectivity index (χ1n) is 14.7. The number of carboxylic acid groups (broad SMARTS) is 1. The molecule has 5 aliphatic carbocycles. The highest BCUT2D eigenvalue weighted by Crippen LogP contribution is 2.73. The Morgan fingerprint density at radius 3 is 2.49 bits per heavy atom. The van der Waals surface area contributed by atoms with Crippen molar-refractivity contribution in [1.29, 1.82) is 0 Å². The molecule has 0 radical (unpaired) electrons. The molecule has 0 bridgehead atoms. The molecular formula is C32H45NO4. The Balaban J connectivity index is 1.48. The minimum absolute atomic E-state index is 0.0612. The summed E-state index contributed by atoms with van der Waals surface area (Å²) in [4.78, 5) is 26.7. The number of hydrogen-bond donors (Lipinski definition) is 1. The number of nitrogens with zero attached hydrogens (tertiary/aromatic N) is 1. The average Bonchev–Trinajstić information content (AvgIpc) is 3.28. The van der Waals surface area contributed by atoms with Gasteiger partial charge in [0, 0.05) is 16.9 Å². The Kier molecular flexibility index (Phi) is 5.21. The van der Waals surface area contributed by atoms with Crippen molar-refractivity contribution in [3.8, 4) is 0 Å². The van der Waals surface area contributed by atoms with Gasteiger partial charge in [-0.15, -0.1) is 0 Å². The zero-order valence-electron chi connectivity index (χ0n) is 23.8. The molecule has 37 heavy (non-hydrogen) atoms. The van der Waals surface area contributed by atoms with Gasteiger partial charge in [-0.05, 0) is 96.9 Å². The fourth-order valence-electron chi connectivity index (χ4n) is 11.1. The van der Waals surface area contributed by atoms with E-state index in [1.807, 2.05) is 6.20 Å². The van der Waals surface area contributed by atoms with Crippen LogP contribution in [0.15, 0.2) is 22.4 Å². The highest BCUT2D eigenvalue weighted by molar-refractivity contribution is 5.95. The molecule has 9 atom stereocenters. The summed E-state index contributed by atoms with van der Waals surface area (Å²) in [5.41, 5.74) is 2.05. The quantitative estimate of drug-likeness (QED) is 0.466. The van der Waals surface area contributed by atoms with Gasteiger partial charge in [0.1, 0.15) is 5.76 Å². The van der Waals surface area contributed by atoms with E-state index < -0.39 is 5.97 Å². The van der Waals surface area contributed by atoms with Crippen LogP contribution in [0.3, 0.4) is 0 Å². The summed E-state index contributed by atoms with van der Waals surface area (Å²) < 4.78 is 5.87. The molecule has 1 aromatic heterocycles. The molecule has 1 N–H and O–H groups in total. The van der Waals surface area contributed by atoms with E-state index in [0.717, 1.165) is 57.1 Å². The van der Waals surface area contributed by atoms with Gasteiger partial charge in [0.25, 0.3) is 0 Å². The van der Waals surface area contributed by atoms with Gasteiger partial charge in [0.2, 0.25) is 0 Å². The molecule has 0 saturated heterocycles. The Morgan fingerprint density at radius 1 is 1.08 bits per heavy atom. The normalized spacial score (nSPS) is 48.0. The zero-order chi connectivity index (χ0) is 26.8. The highest BCUT2D eigenvalue weighted by atomic mass is 16.5. The van der Waals surface area contributed by atoms with Gasteiger partial charge in [0.15, 0.2) is 5.78 Å². The SMILES string of the molecule is CC[C@]1(C)c2oncc2C[C@]2(C)C3=CC(=O)[C@@H]4[C@@H]5CC(C)(C)C[C@@H](C(=O)O)C5CC[C@@]4(C)[C@]3(C)CC[C@H]21. The molecule has 3 saturated carbocycles. The number of aromatic nitrogens is 1. The van der Waals surface area contributed by atoms with Crippen LogP contribution in [0.5, 0.6) is 0 Å². The van der Waals surface area contributed by atoms with Gasteiger partial charge < -0.3 is 9.63 Å². The molecule has 5 heteroatoms. The predicted octanol–water partition coefficient (Wildman–Crippen LogP) is 7.00.